The second kappa shape index (κ2) is 8.32. The van der Waals surface area contributed by atoms with E-state index in [1.807, 2.05) is 0 Å². The maximum atomic E-state index is 12.3. The molecule has 3 heterocycles. The third-order valence-electron chi connectivity index (χ3n) is 4.68. The number of ether oxygens (including phenoxy) is 1. The van der Waals surface area contributed by atoms with Crippen LogP contribution < -0.4 is 5.56 Å². The number of aromatic amines is 1. The van der Waals surface area contributed by atoms with Crippen LogP contribution in [0.2, 0.25) is 0 Å². The van der Waals surface area contributed by atoms with Crippen molar-refractivity contribution in [2.24, 2.45) is 0 Å². The van der Waals surface area contributed by atoms with E-state index in [-0.39, 0.29) is 11.1 Å². The molecule has 2 aromatic heterocycles. The highest BCUT2D eigenvalue weighted by Gasteiger charge is 2.45. The summed E-state index contributed by atoms with van der Waals surface area (Å²) in [5, 5.41) is 21.8. The van der Waals surface area contributed by atoms with Gasteiger partial charge in [-0.3, -0.25) is 9.36 Å². The largest absolute Gasteiger partial charge is 0.388 e. The maximum absolute atomic E-state index is 12.3. The summed E-state index contributed by atoms with van der Waals surface area (Å²) in [6.07, 6.45) is 3.12. The first-order valence-electron chi connectivity index (χ1n) is 9.43. The van der Waals surface area contributed by atoms with Gasteiger partial charge in [0.2, 0.25) is 0 Å². The molecule has 2 aromatic rings. The number of hydrogen-bond acceptors (Lipinski definition) is 7. The van der Waals surface area contributed by atoms with Gasteiger partial charge < -0.3 is 19.9 Å². The zero-order valence-electron chi connectivity index (χ0n) is 16.8. The highest BCUT2D eigenvalue weighted by atomic mass is 32.2. The summed E-state index contributed by atoms with van der Waals surface area (Å²) in [5.74, 6) is 1.26. The van der Waals surface area contributed by atoms with Crippen molar-refractivity contribution in [3.05, 3.63) is 16.2 Å². The van der Waals surface area contributed by atoms with Gasteiger partial charge in [-0.25, -0.2) is 9.97 Å². The number of H-pyrrole nitrogens is 1. The second-order valence-corrected chi connectivity index (χ2v) is 13.3. The van der Waals surface area contributed by atoms with Crippen LogP contribution in [-0.2, 0) is 4.74 Å². The smallest absolute Gasteiger partial charge is 0.279 e. The minimum Gasteiger partial charge on any atom is -0.388 e. The topological polar surface area (TPSA) is 113 Å². The minimum absolute atomic E-state index is 0.211. The first kappa shape index (κ1) is 21.6. The fourth-order valence-corrected chi connectivity index (χ4v) is 5.08. The quantitative estimate of drug-likeness (QED) is 0.454. The Hall–Kier alpha value is -1.12. The zero-order chi connectivity index (χ0) is 20.6. The summed E-state index contributed by atoms with van der Waals surface area (Å²) >= 11 is 1.48. The monoisotopic (exact) mass is 428 g/mol. The Morgan fingerprint density at radius 2 is 2.04 bits per heavy atom. The normalized spacial score (nSPS) is 25.6. The Kier molecular flexibility index (Phi) is 6.41. The van der Waals surface area contributed by atoms with Crippen LogP contribution in [0.1, 0.15) is 31.8 Å². The lowest BCUT2D eigenvalue weighted by Crippen LogP contribution is -2.32. The maximum Gasteiger partial charge on any atom is 0.279 e. The number of nitrogens with zero attached hydrogens (tertiary/aromatic N) is 3. The molecule has 3 N–H and O–H groups in total. The summed E-state index contributed by atoms with van der Waals surface area (Å²) in [7, 11) is 0. The predicted molar refractivity (Wildman–Crippen MR) is 115 cm³/mol. The molecule has 1 saturated heterocycles. The predicted octanol–water partition coefficient (Wildman–Crippen LogP) is 1.65. The number of nitrogens with one attached hydrogen (secondary N) is 1. The van der Waals surface area contributed by atoms with Crippen LogP contribution in [0.5, 0.6) is 0 Å². The lowest BCUT2D eigenvalue weighted by molar-refractivity contribution is -0.0400. The van der Waals surface area contributed by atoms with E-state index in [1.165, 1.54) is 11.8 Å². The molecule has 28 heavy (non-hydrogen) atoms. The molecule has 0 aromatic carbocycles. The molecule has 1 aliphatic rings. The number of thioether (sulfide) groups is 1. The van der Waals surface area contributed by atoms with E-state index >= 15 is 0 Å². The highest BCUT2D eigenvalue weighted by molar-refractivity contribution is 7.99. The molecule has 0 aliphatic carbocycles. The Morgan fingerprint density at radius 1 is 1.32 bits per heavy atom. The molecule has 3 rings (SSSR count). The number of aliphatic hydroxyl groups is 2. The number of aliphatic hydroxyl groups excluding tert-OH is 2. The van der Waals surface area contributed by atoms with Gasteiger partial charge in [-0.1, -0.05) is 18.7 Å². The van der Waals surface area contributed by atoms with Crippen molar-refractivity contribution in [3.63, 3.8) is 0 Å². The molecule has 0 bridgehead atoms. The van der Waals surface area contributed by atoms with Gasteiger partial charge in [0, 0.05) is 5.75 Å². The van der Waals surface area contributed by atoms with Gasteiger partial charge in [-0.05, 0) is 39.3 Å². The lowest BCUT2D eigenvalue weighted by atomic mass is 10.1. The van der Waals surface area contributed by atoms with Crippen molar-refractivity contribution < 1.29 is 14.9 Å². The van der Waals surface area contributed by atoms with E-state index in [4.69, 9.17) is 4.74 Å². The Morgan fingerprint density at radius 3 is 2.68 bits per heavy atom. The SMILES string of the molecule is C=P(C)(C)CC[C@H]1OC(n2c(SCCC)nc3c(=O)[nH]c(C)nc32)[C@H](O)[C@@H]1O. The third-order valence-corrected chi connectivity index (χ3v) is 7.31. The number of aromatic nitrogens is 4. The van der Waals surface area contributed by atoms with E-state index < -0.39 is 31.4 Å². The fourth-order valence-electron chi connectivity index (χ4n) is 3.26. The first-order chi connectivity index (χ1) is 13.1. The lowest BCUT2D eigenvalue weighted by Gasteiger charge is -2.19. The second-order valence-electron chi connectivity index (χ2n) is 7.93. The molecule has 156 valence electrons. The molecule has 1 fully saturated rings. The molecule has 0 saturated carbocycles. The Balaban J connectivity index is 2.01. The van der Waals surface area contributed by atoms with Crippen LogP contribution in [0.4, 0.5) is 0 Å². The molecule has 1 unspecified atom stereocenters. The number of hydrogen-bond donors (Lipinski definition) is 3. The molecular weight excluding hydrogens is 399 g/mol. The summed E-state index contributed by atoms with van der Waals surface area (Å²) < 4.78 is 7.74. The van der Waals surface area contributed by atoms with E-state index in [0.29, 0.717) is 23.0 Å². The van der Waals surface area contributed by atoms with Gasteiger partial charge >= 0.3 is 0 Å². The molecular formula is C18H29N4O4PS. The van der Waals surface area contributed by atoms with E-state index in [0.717, 1.165) is 18.3 Å². The minimum atomic E-state index is -1.27. The molecule has 0 spiro atoms. The van der Waals surface area contributed by atoms with Crippen LogP contribution in [0.15, 0.2) is 9.95 Å². The van der Waals surface area contributed by atoms with Crippen molar-refractivity contribution in [1.29, 1.82) is 0 Å². The molecule has 10 heteroatoms. The van der Waals surface area contributed by atoms with Gasteiger partial charge in [0.15, 0.2) is 22.5 Å². The molecule has 0 radical (unpaired) electrons. The molecule has 8 nitrogen and oxygen atoms in total. The van der Waals surface area contributed by atoms with Gasteiger partial charge in [-0.15, -0.1) is 13.2 Å². The number of rotatable bonds is 7. The van der Waals surface area contributed by atoms with Crippen molar-refractivity contribution in [1.82, 2.24) is 19.5 Å². The first-order valence-corrected chi connectivity index (χ1v) is 13.5. The van der Waals surface area contributed by atoms with Crippen LogP contribution in [0.25, 0.3) is 11.2 Å². The average Bonchev–Trinajstić information content (AvgIpc) is 3.09. The summed E-state index contributed by atoms with van der Waals surface area (Å²) in [6, 6.07) is 0. The van der Waals surface area contributed by atoms with Gasteiger partial charge in [0.25, 0.3) is 5.56 Å². The van der Waals surface area contributed by atoms with Crippen molar-refractivity contribution in [2.75, 3.05) is 25.2 Å². The summed E-state index contributed by atoms with van der Waals surface area (Å²) in [6.45, 7) is 6.73. The van der Waals surface area contributed by atoms with E-state index in [2.05, 4.69) is 41.5 Å². The van der Waals surface area contributed by atoms with Crippen molar-refractivity contribution in [3.8, 4) is 0 Å². The number of fused-ring (bicyclic) bond motifs is 1. The van der Waals surface area contributed by atoms with Gasteiger partial charge in [-0.2, -0.15) is 0 Å². The summed E-state index contributed by atoms with van der Waals surface area (Å²) in [4.78, 5) is 23.9. The van der Waals surface area contributed by atoms with E-state index in [9.17, 15) is 15.0 Å². The van der Waals surface area contributed by atoms with Crippen LogP contribution >= 0.6 is 18.6 Å². The number of aryl methyl sites for hydroxylation is 1. The molecule has 4 atom stereocenters. The zero-order valence-corrected chi connectivity index (χ0v) is 18.5. The standard InChI is InChI=1S/C18H29N4O4PS/c1-6-9-28-18-21-12-15(19-10(2)20-16(12)25)22(18)17-14(24)13(23)11(26-17)7-8-27(3,4)5/h11,13-14,17,23-24H,3,6-9H2,1-2,4-5H3,(H,19,20,25)/t11-,13-,14-,17?/m1/s1. The molecule has 1 aliphatic heterocycles. The van der Waals surface area contributed by atoms with Gasteiger partial charge in [0.1, 0.15) is 18.0 Å². The van der Waals surface area contributed by atoms with Crippen molar-refractivity contribution >= 4 is 36.1 Å². The Bertz CT molecular complexity index is 953. The Labute approximate surface area is 168 Å². The molecule has 0 amide bonds. The third kappa shape index (κ3) is 4.39. The summed E-state index contributed by atoms with van der Waals surface area (Å²) in [5.41, 5.74) is 0.247. The van der Waals surface area contributed by atoms with Crippen LogP contribution in [0, 0.1) is 6.92 Å². The van der Waals surface area contributed by atoms with Crippen molar-refractivity contribution in [2.45, 2.75) is 56.4 Å². The highest BCUT2D eigenvalue weighted by Crippen LogP contribution is 2.40. The average molecular weight is 428 g/mol. The van der Waals surface area contributed by atoms with Crippen LogP contribution in [-0.4, -0.2) is 79.6 Å². The van der Waals surface area contributed by atoms with E-state index in [1.54, 1.807) is 11.5 Å². The van der Waals surface area contributed by atoms with Gasteiger partial charge in [0.05, 0.1) is 6.10 Å². The fraction of sp³-hybridized carbons (Fsp3) is 0.667. The van der Waals surface area contributed by atoms with Crippen LogP contribution in [0.3, 0.4) is 0 Å². The number of imidazole rings is 1.